The number of hydrogen-bond donors (Lipinski definition) is 0. The van der Waals surface area contributed by atoms with Crippen LogP contribution in [0.3, 0.4) is 0 Å². The molecule has 0 aromatic carbocycles. The highest BCUT2D eigenvalue weighted by molar-refractivity contribution is 4.83. The van der Waals surface area contributed by atoms with Crippen molar-refractivity contribution in [2.45, 2.75) is 13.3 Å². The molecule has 2 unspecified atom stereocenters. The predicted molar refractivity (Wildman–Crippen MR) is 35.8 cm³/mol. The standard InChI is InChI=1S/C7H15N/c1-6-4-7(6)5-8(2)3/h6-7H,4-5H2,1-3H3. The van der Waals surface area contributed by atoms with Crippen molar-refractivity contribution in [2.75, 3.05) is 20.6 Å². The van der Waals surface area contributed by atoms with E-state index in [1.54, 1.807) is 0 Å². The highest BCUT2D eigenvalue weighted by Gasteiger charge is 2.32. The van der Waals surface area contributed by atoms with Crippen molar-refractivity contribution in [3.8, 4) is 0 Å². The van der Waals surface area contributed by atoms with Gasteiger partial charge < -0.3 is 4.90 Å². The molecule has 0 heterocycles. The SMILES string of the molecule is CC1CC1CN(C)C. The normalized spacial score (nSPS) is 36.0. The van der Waals surface area contributed by atoms with E-state index >= 15 is 0 Å². The first kappa shape index (κ1) is 6.09. The Morgan fingerprint density at radius 3 is 2.12 bits per heavy atom. The summed E-state index contributed by atoms with van der Waals surface area (Å²) in [4.78, 5) is 2.27. The molecule has 0 aliphatic heterocycles. The lowest BCUT2D eigenvalue weighted by atomic mass is 10.3. The largest absolute Gasteiger partial charge is 0.309 e. The van der Waals surface area contributed by atoms with E-state index in [1.165, 1.54) is 13.0 Å². The van der Waals surface area contributed by atoms with E-state index in [9.17, 15) is 0 Å². The van der Waals surface area contributed by atoms with E-state index in [0.717, 1.165) is 11.8 Å². The Hall–Kier alpha value is -0.0400. The van der Waals surface area contributed by atoms with E-state index in [-0.39, 0.29) is 0 Å². The summed E-state index contributed by atoms with van der Waals surface area (Å²) in [5, 5.41) is 0. The molecular formula is C7H15N. The first-order valence-electron chi connectivity index (χ1n) is 3.35. The van der Waals surface area contributed by atoms with Gasteiger partial charge in [-0.1, -0.05) is 6.92 Å². The lowest BCUT2D eigenvalue weighted by Gasteiger charge is -2.06. The summed E-state index contributed by atoms with van der Waals surface area (Å²) in [6.45, 7) is 3.62. The number of rotatable bonds is 2. The molecule has 48 valence electrons. The van der Waals surface area contributed by atoms with Crippen molar-refractivity contribution >= 4 is 0 Å². The van der Waals surface area contributed by atoms with Crippen LogP contribution < -0.4 is 0 Å². The van der Waals surface area contributed by atoms with Crippen LogP contribution in [0.5, 0.6) is 0 Å². The number of hydrogen-bond acceptors (Lipinski definition) is 1. The van der Waals surface area contributed by atoms with E-state index in [4.69, 9.17) is 0 Å². The summed E-state index contributed by atoms with van der Waals surface area (Å²) in [5.41, 5.74) is 0. The fraction of sp³-hybridized carbons (Fsp3) is 1.00. The Balaban J connectivity index is 2.05. The quantitative estimate of drug-likeness (QED) is 0.520. The minimum atomic E-state index is 1.01. The monoisotopic (exact) mass is 113 g/mol. The van der Waals surface area contributed by atoms with Gasteiger partial charge in [-0.15, -0.1) is 0 Å². The minimum absolute atomic E-state index is 1.01. The third-order valence-corrected chi connectivity index (χ3v) is 1.88. The predicted octanol–water partition coefficient (Wildman–Crippen LogP) is 1.20. The summed E-state index contributed by atoms with van der Waals surface area (Å²) in [6.07, 6.45) is 1.46. The lowest BCUT2D eigenvalue weighted by molar-refractivity contribution is 0.381. The molecule has 2 atom stereocenters. The third kappa shape index (κ3) is 1.48. The highest BCUT2D eigenvalue weighted by atomic mass is 15.1. The summed E-state index contributed by atoms with van der Waals surface area (Å²) in [6, 6.07) is 0. The van der Waals surface area contributed by atoms with Crippen LogP contribution >= 0.6 is 0 Å². The number of nitrogens with zero attached hydrogens (tertiary/aromatic N) is 1. The van der Waals surface area contributed by atoms with Gasteiger partial charge >= 0.3 is 0 Å². The smallest absolute Gasteiger partial charge is 0.000621 e. The third-order valence-electron chi connectivity index (χ3n) is 1.88. The van der Waals surface area contributed by atoms with E-state index in [2.05, 4.69) is 25.9 Å². The molecule has 0 saturated heterocycles. The van der Waals surface area contributed by atoms with Crippen LogP contribution in [-0.2, 0) is 0 Å². The maximum atomic E-state index is 2.33. The molecule has 1 heteroatoms. The Morgan fingerprint density at radius 2 is 2.00 bits per heavy atom. The first-order valence-corrected chi connectivity index (χ1v) is 3.35. The van der Waals surface area contributed by atoms with Crippen molar-refractivity contribution in [1.29, 1.82) is 0 Å². The van der Waals surface area contributed by atoms with Gasteiger partial charge in [0.15, 0.2) is 0 Å². The summed E-state index contributed by atoms with van der Waals surface area (Å²) >= 11 is 0. The molecule has 1 aliphatic rings. The van der Waals surface area contributed by atoms with Crippen molar-refractivity contribution < 1.29 is 0 Å². The minimum Gasteiger partial charge on any atom is -0.309 e. The Kier molecular flexibility index (Phi) is 1.57. The molecule has 1 rings (SSSR count). The average molecular weight is 113 g/mol. The molecule has 0 amide bonds. The maximum Gasteiger partial charge on any atom is 0.000621 e. The summed E-state index contributed by atoms with van der Waals surface area (Å²) in [5.74, 6) is 2.03. The summed E-state index contributed by atoms with van der Waals surface area (Å²) in [7, 11) is 4.29. The van der Waals surface area contributed by atoms with Gasteiger partial charge in [-0.25, -0.2) is 0 Å². The van der Waals surface area contributed by atoms with Gasteiger partial charge in [-0.05, 0) is 32.4 Å². The Labute approximate surface area is 51.7 Å². The van der Waals surface area contributed by atoms with Crippen LogP contribution in [0.25, 0.3) is 0 Å². The molecule has 1 nitrogen and oxygen atoms in total. The molecule has 0 bridgehead atoms. The van der Waals surface area contributed by atoms with Crippen molar-refractivity contribution in [2.24, 2.45) is 11.8 Å². The van der Waals surface area contributed by atoms with Gasteiger partial charge in [0.05, 0.1) is 0 Å². The van der Waals surface area contributed by atoms with Gasteiger partial charge in [0.2, 0.25) is 0 Å². The average Bonchev–Trinajstić information content (AvgIpc) is 2.17. The second-order valence-electron chi connectivity index (χ2n) is 3.24. The zero-order valence-corrected chi connectivity index (χ0v) is 6.02. The van der Waals surface area contributed by atoms with Crippen LogP contribution in [0.4, 0.5) is 0 Å². The van der Waals surface area contributed by atoms with Crippen LogP contribution in [0, 0.1) is 11.8 Å². The molecule has 0 radical (unpaired) electrons. The van der Waals surface area contributed by atoms with E-state index in [0.29, 0.717) is 0 Å². The van der Waals surface area contributed by atoms with Crippen molar-refractivity contribution in [3.63, 3.8) is 0 Å². The molecule has 1 fully saturated rings. The molecule has 0 aromatic heterocycles. The van der Waals surface area contributed by atoms with Gasteiger partial charge in [0, 0.05) is 6.54 Å². The van der Waals surface area contributed by atoms with Gasteiger partial charge in [0.25, 0.3) is 0 Å². The maximum absolute atomic E-state index is 2.33. The highest BCUT2D eigenvalue weighted by Crippen LogP contribution is 2.37. The molecular weight excluding hydrogens is 98.1 g/mol. The van der Waals surface area contributed by atoms with Crippen molar-refractivity contribution in [1.82, 2.24) is 4.90 Å². The van der Waals surface area contributed by atoms with Crippen LogP contribution in [0.15, 0.2) is 0 Å². The zero-order valence-electron chi connectivity index (χ0n) is 6.02. The molecule has 0 spiro atoms. The lowest BCUT2D eigenvalue weighted by Crippen LogP contribution is -2.14. The topological polar surface area (TPSA) is 3.24 Å². The Morgan fingerprint density at radius 1 is 1.50 bits per heavy atom. The van der Waals surface area contributed by atoms with E-state index in [1.807, 2.05) is 0 Å². The molecule has 0 aromatic rings. The summed E-state index contributed by atoms with van der Waals surface area (Å²) < 4.78 is 0. The molecule has 1 aliphatic carbocycles. The van der Waals surface area contributed by atoms with Gasteiger partial charge in [0.1, 0.15) is 0 Å². The zero-order chi connectivity index (χ0) is 6.15. The van der Waals surface area contributed by atoms with Crippen LogP contribution in [0.2, 0.25) is 0 Å². The second-order valence-corrected chi connectivity index (χ2v) is 3.24. The molecule has 1 saturated carbocycles. The van der Waals surface area contributed by atoms with Gasteiger partial charge in [-0.3, -0.25) is 0 Å². The first-order chi connectivity index (χ1) is 3.70. The molecule has 0 N–H and O–H groups in total. The Bertz CT molecular complexity index is 78.5. The fourth-order valence-electron chi connectivity index (χ4n) is 1.12. The van der Waals surface area contributed by atoms with Crippen molar-refractivity contribution in [3.05, 3.63) is 0 Å². The second kappa shape index (κ2) is 2.06. The molecule has 8 heavy (non-hydrogen) atoms. The van der Waals surface area contributed by atoms with Crippen LogP contribution in [-0.4, -0.2) is 25.5 Å². The van der Waals surface area contributed by atoms with Gasteiger partial charge in [-0.2, -0.15) is 0 Å². The fourth-order valence-corrected chi connectivity index (χ4v) is 1.12. The van der Waals surface area contributed by atoms with E-state index < -0.39 is 0 Å². The van der Waals surface area contributed by atoms with Crippen LogP contribution in [0.1, 0.15) is 13.3 Å².